The van der Waals surface area contributed by atoms with Crippen LogP contribution >= 0.6 is 15.9 Å². The summed E-state index contributed by atoms with van der Waals surface area (Å²) in [6.07, 6.45) is 6.64. The fraction of sp³-hybridized carbons (Fsp3) is 0.455. The molecule has 0 amide bonds. The number of hydrogen-bond acceptors (Lipinski definition) is 3. The van der Waals surface area contributed by atoms with Crippen LogP contribution in [0.15, 0.2) is 22.9 Å². The topological polar surface area (TPSA) is 39.9 Å². The van der Waals surface area contributed by atoms with E-state index in [-0.39, 0.29) is 0 Å². The van der Waals surface area contributed by atoms with Gasteiger partial charge < -0.3 is 4.90 Å². The maximum atomic E-state index is 8.63. The lowest BCUT2D eigenvalue weighted by molar-refractivity contribution is 0.790. The highest BCUT2D eigenvalue weighted by Crippen LogP contribution is 2.35. The first-order chi connectivity index (χ1) is 7.33. The number of anilines is 1. The van der Waals surface area contributed by atoms with Crippen LogP contribution in [0.3, 0.4) is 0 Å². The van der Waals surface area contributed by atoms with Gasteiger partial charge in [0.15, 0.2) is 0 Å². The molecule has 3 nitrogen and oxygen atoms in total. The Morgan fingerprint density at radius 3 is 3.00 bits per heavy atom. The van der Waals surface area contributed by atoms with Crippen molar-refractivity contribution in [3.8, 4) is 6.07 Å². The van der Waals surface area contributed by atoms with E-state index in [2.05, 4.69) is 31.9 Å². The largest absolute Gasteiger partial charge is 0.367 e. The first kappa shape index (κ1) is 10.4. The van der Waals surface area contributed by atoms with Crippen LogP contribution in [0, 0.1) is 11.3 Å². The van der Waals surface area contributed by atoms with Crippen molar-refractivity contribution in [1.82, 2.24) is 4.98 Å². The van der Waals surface area contributed by atoms with E-state index in [9.17, 15) is 0 Å². The standard InChI is InChI=1S/C11H12BrN3/c12-10-8-14-6-4-11(10)15(7-1-5-13)9-2-3-9/h4,6,8-9H,1-3,7H2. The van der Waals surface area contributed by atoms with Gasteiger partial charge in [-0.2, -0.15) is 5.26 Å². The van der Waals surface area contributed by atoms with Gasteiger partial charge in [-0.25, -0.2) is 0 Å². The Kier molecular flexibility index (Phi) is 3.22. The summed E-state index contributed by atoms with van der Waals surface area (Å²) >= 11 is 3.50. The van der Waals surface area contributed by atoms with E-state index in [0.717, 1.165) is 16.7 Å². The quantitative estimate of drug-likeness (QED) is 0.841. The third-order valence-electron chi connectivity index (χ3n) is 2.51. The average molecular weight is 266 g/mol. The van der Waals surface area contributed by atoms with E-state index in [1.807, 2.05) is 6.07 Å². The molecular weight excluding hydrogens is 254 g/mol. The minimum atomic E-state index is 0.575. The maximum absolute atomic E-state index is 8.63. The van der Waals surface area contributed by atoms with Crippen LogP contribution in [-0.4, -0.2) is 17.6 Å². The highest BCUT2D eigenvalue weighted by atomic mass is 79.9. The SMILES string of the molecule is N#CCCN(c1ccncc1Br)C1CC1. The summed E-state index contributed by atoms with van der Waals surface area (Å²) in [5.74, 6) is 0. The molecule has 1 aliphatic carbocycles. The summed E-state index contributed by atoms with van der Waals surface area (Å²) in [4.78, 5) is 6.35. The monoisotopic (exact) mass is 265 g/mol. The van der Waals surface area contributed by atoms with Crippen molar-refractivity contribution in [2.45, 2.75) is 25.3 Å². The molecule has 1 saturated carbocycles. The molecule has 1 heterocycles. The number of aromatic nitrogens is 1. The van der Waals surface area contributed by atoms with Crippen molar-refractivity contribution >= 4 is 21.6 Å². The summed E-state index contributed by atoms with van der Waals surface area (Å²) in [7, 11) is 0. The third kappa shape index (κ3) is 2.48. The average Bonchev–Trinajstić information content (AvgIpc) is 3.05. The van der Waals surface area contributed by atoms with Crippen molar-refractivity contribution in [1.29, 1.82) is 5.26 Å². The summed E-state index contributed by atoms with van der Waals surface area (Å²) in [5.41, 5.74) is 1.16. The molecule has 0 aliphatic heterocycles. The normalized spacial score (nSPS) is 14.7. The highest BCUT2D eigenvalue weighted by Gasteiger charge is 2.29. The summed E-state index contributed by atoms with van der Waals surface area (Å²) < 4.78 is 1.01. The Morgan fingerprint density at radius 1 is 1.60 bits per heavy atom. The zero-order valence-corrected chi connectivity index (χ0v) is 9.94. The van der Waals surface area contributed by atoms with Gasteiger partial charge in [-0.1, -0.05) is 0 Å². The predicted molar refractivity (Wildman–Crippen MR) is 62.5 cm³/mol. The predicted octanol–water partition coefficient (Wildman–Crippen LogP) is 2.73. The van der Waals surface area contributed by atoms with Crippen molar-refractivity contribution in [2.24, 2.45) is 0 Å². The van der Waals surface area contributed by atoms with Crippen LogP contribution in [0.4, 0.5) is 5.69 Å². The summed E-state index contributed by atoms with van der Waals surface area (Å²) in [5, 5.41) is 8.63. The van der Waals surface area contributed by atoms with Crippen LogP contribution in [0.5, 0.6) is 0 Å². The smallest absolute Gasteiger partial charge is 0.0640 e. The van der Waals surface area contributed by atoms with Gasteiger partial charge in [-0.05, 0) is 34.8 Å². The zero-order valence-electron chi connectivity index (χ0n) is 8.36. The lowest BCUT2D eigenvalue weighted by Crippen LogP contribution is -2.26. The second-order valence-electron chi connectivity index (χ2n) is 3.66. The van der Waals surface area contributed by atoms with Gasteiger partial charge in [0, 0.05) is 25.0 Å². The molecule has 1 aromatic rings. The molecule has 0 unspecified atom stereocenters. The minimum Gasteiger partial charge on any atom is -0.367 e. The van der Waals surface area contributed by atoms with Gasteiger partial charge in [0.2, 0.25) is 0 Å². The second-order valence-corrected chi connectivity index (χ2v) is 4.51. The van der Waals surface area contributed by atoms with Gasteiger partial charge in [-0.15, -0.1) is 0 Å². The molecule has 0 bridgehead atoms. The van der Waals surface area contributed by atoms with Crippen LogP contribution in [0.25, 0.3) is 0 Å². The van der Waals surface area contributed by atoms with Crippen molar-refractivity contribution in [3.05, 3.63) is 22.9 Å². The van der Waals surface area contributed by atoms with E-state index in [0.29, 0.717) is 12.5 Å². The minimum absolute atomic E-state index is 0.575. The number of hydrogen-bond donors (Lipinski definition) is 0. The fourth-order valence-corrected chi connectivity index (χ4v) is 2.14. The first-order valence-electron chi connectivity index (χ1n) is 5.06. The molecule has 78 valence electrons. The second kappa shape index (κ2) is 4.63. The Bertz CT molecular complexity index is 382. The molecule has 4 heteroatoms. The van der Waals surface area contributed by atoms with E-state index in [1.165, 1.54) is 12.8 Å². The molecule has 0 radical (unpaired) electrons. The molecule has 0 N–H and O–H groups in total. The maximum Gasteiger partial charge on any atom is 0.0640 e. The third-order valence-corrected chi connectivity index (χ3v) is 3.12. The highest BCUT2D eigenvalue weighted by molar-refractivity contribution is 9.10. The first-order valence-corrected chi connectivity index (χ1v) is 5.85. The fourth-order valence-electron chi connectivity index (χ4n) is 1.66. The lowest BCUT2D eigenvalue weighted by atomic mass is 10.3. The molecule has 15 heavy (non-hydrogen) atoms. The Morgan fingerprint density at radius 2 is 2.40 bits per heavy atom. The molecule has 2 rings (SSSR count). The number of nitrogens with zero attached hydrogens (tertiary/aromatic N) is 3. The molecule has 0 spiro atoms. The summed E-state index contributed by atoms with van der Waals surface area (Å²) in [6.45, 7) is 0.809. The van der Waals surface area contributed by atoms with Gasteiger partial charge >= 0.3 is 0 Å². The Labute approximate surface area is 97.9 Å². The molecule has 1 fully saturated rings. The molecule has 0 atom stereocenters. The molecule has 1 aromatic heterocycles. The van der Waals surface area contributed by atoms with Crippen LogP contribution in [0.2, 0.25) is 0 Å². The van der Waals surface area contributed by atoms with Gasteiger partial charge in [0.1, 0.15) is 0 Å². The van der Waals surface area contributed by atoms with Gasteiger partial charge in [0.05, 0.1) is 22.7 Å². The van der Waals surface area contributed by atoms with E-state index >= 15 is 0 Å². The van der Waals surface area contributed by atoms with Crippen LogP contribution in [0.1, 0.15) is 19.3 Å². The Balaban J connectivity index is 2.17. The lowest BCUT2D eigenvalue weighted by Gasteiger charge is -2.24. The van der Waals surface area contributed by atoms with E-state index in [1.54, 1.807) is 12.4 Å². The molecule has 1 aliphatic rings. The molecular formula is C11H12BrN3. The number of pyridine rings is 1. The van der Waals surface area contributed by atoms with Crippen molar-refractivity contribution < 1.29 is 0 Å². The number of nitriles is 1. The van der Waals surface area contributed by atoms with Crippen molar-refractivity contribution in [2.75, 3.05) is 11.4 Å². The van der Waals surface area contributed by atoms with Gasteiger partial charge in [-0.3, -0.25) is 4.98 Å². The van der Waals surface area contributed by atoms with E-state index < -0.39 is 0 Å². The van der Waals surface area contributed by atoms with Crippen LogP contribution in [-0.2, 0) is 0 Å². The Hall–Kier alpha value is -1.08. The van der Waals surface area contributed by atoms with Gasteiger partial charge in [0.25, 0.3) is 0 Å². The zero-order chi connectivity index (χ0) is 10.7. The van der Waals surface area contributed by atoms with E-state index in [4.69, 9.17) is 5.26 Å². The summed E-state index contributed by atoms with van der Waals surface area (Å²) in [6, 6.07) is 4.82. The van der Waals surface area contributed by atoms with Crippen molar-refractivity contribution in [3.63, 3.8) is 0 Å². The number of rotatable bonds is 4. The molecule has 0 aromatic carbocycles. The number of halogens is 1. The molecule has 0 saturated heterocycles. The van der Waals surface area contributed by atoms with Crippen LogP contribution < -0.4 is 4.90 Å².